The van der Waals surface area contributed by atoms with Crippen LogP contribution in [0.5, 0.6) is 0 Å². The quantitative estimate of drug-likeness (QED) is 0.668. The zero-order chi connectivity index (χ0) is 9.26. The zero-order valence-corrected chi connectivity index (χ0v) is 7.40. The van der Waals surface area contributed by atoms with Crippen molar-refractivity contribution in [3.8, 4) is 0 Å². The summed E-state index contributed by atoms with van der Waals surface area (Å²) in [6.07, 6.45) is 3.93. The number of nitrogens with two attached hydrogens (primary N) is 1. The van der Waals surface area contributed by atoms with Crippen LogP contribution in [0.3, 0.4) is 0 Å². The van der Waals surface area contributed by atoms with Crippen molar-refractivity contribution in [3.63, 3.8) is 0 Å². The van der Waals surface area contributed by atoms with Gasteiger partial charge in [-0.2, -0.15) is 0 Å². The van der Waals surface area contributed by atoms with Gasteiger partial charge >= 0.3 is 5.76 Å². The molecule has 1 aromatic heterocycles. The zero-order valence-electron chi connectivity index (χ0n) is 7.40. The molecule has 5 nitrogen and oxygen atoms in total. The Labute approximate surface area is 75.5 Å². The molecule has 0 bridgehead atoms. The van der Waals surface area contributed by atoms with E-state index in [1.54, 1.807) is 4.57 Å². The first-order valence-electron chi connectivity index (χ1n) is 4.60. The third kappa shape index (κ3) is 1.39. The van der Waals surface area contributed by atoms with Crippen molar-refractivity contribution in [2.45, 2.75) is 31.7 Å². The Morgan fingerprint density at radius 2 is 2.46 bits per heavy atom. The van der Waals surface area contributed by atoms with Crippen molar-refractivity contribution in [1.82, 2.24) is 9.72 Å². The van der Waals surface area contributed by atoms with Gasteiger partial charge in [0.2, 0.25) is 0 Å². The fourth-order valence-electron chi connectivity index (χ4n) is 1.83. The molecule has 0 saturated carbocycles. The molecule has 0 aliphatic carbocycles. The van der Waals surface area contributed by atoms with E-state index in [4.69, 9.17) is 5.73 Å². The Morgan fingerprint density at radius 1 is 1.62 bits per heavy atom. The number of aryl methyl sites for hydroxylation is 1. The summed E-state index contributed by atoms with van der Waals surface area (Å²) in [7, 11) is 0. The second-order valence-corrected chi connectivity index (χ2v) is 3.37. The van der Waals surface area contributed by atoms with Gasteiger partial charge in [0.1, 0.15) is 0 Å². The Hall–Kier alpha value is -1.10. The van der Waals surface area contributed by atoms with Crippen molar-refractivity contribution in [3.05, 3.63) is 16.4 Å². The molecule has 0 aromatic carbocycles. The summed E-state index contributed by atoms with van der Waals surface area (Å²) >= 11 is 0. The summed E-state index contributed by atoms with van der Waals surface area (Å²) in [6.45, 7) is 0.480. The number of aromatic nitrogens is 2. The second kappa shape index (κ2) is 3.33. The van der Waals surface area contributed by atoms with Gasteiger partial charge in [-0.3, -0.25) is 9.09 Å². The molecule has 0 amide bonds. The van der Waals surface area contributed by atoms with E-state index in [1.807, 2.05) is 0 Å². The summed E-state index contributed by atoms with van der Waals surface area (Å²) in [5.41, 5.74) is 5.59. The van der Waals surface area contributed by atoms with Crippen LogP contribution in [0.2, 0.25) is 0 Å². The predicted octanol–water partition coefficient (Wildman–Crippen LogP) is 0.0625. The van der Waals surface area contributed by atoms with Crippen LogP contribution in [0.15, 0.2) is 9.32 Å². The maximum absolute atomic E-state index is 11.3. The van der Waals surface area contributed by atoms with Crippen molar-refractivity contribution >= 4 is 0 Å². The molecular weight excluding hydrogens is 170 g/mol. The van der Waals surface area contributed by atoms with E-state index in [0.29, 0.717) is 6.54 Å². The molecule has 1 aliphatic rings. The lowest BCUT2D eigenvalue weighted by Gasteiger charge is -2.12. The van der Waals surface area contributed by atoms with Gasteiger partial charge in [-0.05, 0) is 12.8 Å². The molecule has 1 atom stereocenters. The van der Waals surface area contributed by atoms with Gasteiger partial charge in [-0.15, -0.1) is 0 Å². The van der Waals surface area contributed by atoms with Crippen LogP contribution in [0.4, 0.5) is 0 Å². The number of nitrogens with zero attached hydrogens (tertiary/aromatic N) is 2. The van der Waals surface area contributed by atoms with Crippen molar-refractivity contribution in [1.29, 1.82) is 0 Å². The summed E-state index contributed by atoms with van der Waals surface area (Å²) in [5, 5.41) is 3.73. The van der Waals surface area contributed by atoms with Crippen molar-refractivity contribution in [2.24, 2.45) is 5.73 Å². The van der Waals surface area contributed by atoms with Crippen LogP contribution < -0.4 is 11.5 Å². The first kappa shape index (κ1) is 8.50. The Bertz CT molecular complexity index is 341. The van der Waals surface area contributed by atoms with E-state index in [9.17, 15) is 4.79 Å². The number of hydrogen-bond acceptors (Lipinski definition) is 4. The molecule has 2 N–H and O–H groups in total. The Kier molecular flexibility index (Phi) is 2.18. The highest BCUT2D eigenvalue weighted by molar-refractivity contribution is 4.91. The third-order valence-electron chi connectivity index (χ3n) is 2.53. The smallest absolute Gasteiger partial charge is 0.328 e. The minimum absolute atomic E-state index is 0.0799. The van der Waals surface area contributed by atoms with Gasteiger partial charge in [0.25, 0.3) is 0 Å². The van der Waals surface area contributed by atoms with Crippen LogP contribution >= 0.6 is 0 Å². The molecule has 1 aliphatic heterocycles. The maximum Gasteiger partial charge on any atom is 0.441 e. The fourth-order valence-corrected chi connectivity index (χ4v) is 1.83. The molecular formula is C8H13N3O2. The van der Waals surface area contributed by atoms with E-state index in [1.165, 1.54) is 0 Å². The van der Waals surface area contributed by atoms with Gasteiger partial charge in [-0.25, -0.2) is 4.79 Å². The van der Waals surface area contributed by atoms with Gasteiger partial charge in [0.15, 0.2) is 5.82 Å². The molecule has 0 spiro atoms. The van der Waals surface area contributed by atoms with E-state index >= 15 is 0 Å². The lowest BCUT2D eigenvalue weighted by molar-refractivity contribution is 0.354. The summed E-state index contributed by atoms with van der Waals surface area (Å²) in [6, 6.07) is 0.0799. The number of hydrogen-bond donors (Lipinski definition) is 1. The Morgan fingerprint density at radius 3 is 3.23 bits per heavy atom. The van der Waals surface area contributed by atoms with Crippen LogP contribution in [0.1, 0.15) is 31.1 Å². The van der Waals surface area contributed by atoms with E-state index in [2.05, 4.69) is 9.68 Å². The number of fused-ring (bicyclic) bond motifs is 1. The summed E-state index contributed by atoms with van der Waals surface area (Å²) < 4.78 is 6.21. The van der Waals surface area contributed by atoms with Crippen LogP contribution in [0.25, 0.3) is 0 Å². The van der Waals surface area contributed by atoms with Gasteiger partial charge in [0, 0.05) is 13.0 Å². The highest BCUT2D eigenvalue weighted by atomic mass is 16.5. The molecule has 5 heteroatoms. The van der Waals surface area contributed by atoms with Gasteiger partial charge < -0.3 is 5.73 Å². The second-order valence-electron chi connectivity index (χ2n) is 3.37. The first-order valence-corrected chi connectivity index (χ1v) is 4.60. The van der Waals surface area contributed by atoms with Gasteiger partial charge in [-0.1, -0.05) is 11.6 Å². The molecule has 2 rings (SSSR count). The average molecular weight is 183 g/mol. The lowest BCUT2D eigenvalue weighted by atomic mass is 10.1. The first-order chi connectivity index (χ1) is 6.33. The third-order valence-corrected chi connectivity index (χ3v) is 2.53. The standard InChI is InChI=1S/C8H13N3O2/c9-5-6-3-1-2-4-7-10-13-8(12)11(6)7/h6H,1-5,9H2. The summed E-state index contributed by atoms with van der Waals surface area (Å²) in [4.78, 5) is 11.3. The highest BCUT2D eigenvalue weighted by Gasteiger charge is 2.21. The minimum Gasteiger partial charge on any atom is -0.328 e. The normalized spacial score (nSPS) is 22.4. The molecule has 2 heterocycles. The van der Waals surface area contributed by atoms with Crippen LogP contribution in [0, 0.1) is 0 Å². The van der Waals surface area contributed by atoms with Gasteiger partial charge in [0.05, 0.1) is 6.04 Å². The monoisotopic (exact) mass is 183 g/mol. The highest BCUT2D eigenvalue weighted by Crippen LogP contribution is 2.19. The fraction of sp³-hybridized carbons (Fsp3) is 0.750. The topological polar surface area (TPSA) is 74.1 Å². The summed E-state index contributed by atoms with van der Waals surface area (Å²) in [5.74, 6) is 0.380. The molecule has 1 unspecified atom stereocenters. The molecule has 13 heavy (non-hydrogen) atoms. The predicted molar refractivity (Wildman–Crippen MR) is 46.4 cm³/mol. The molecule has 72 valence electrons. The molecule has 0 saturated heterocycles. The average Bonchev–Trinajstić information content (AvgIpc) is 2.39. The van der Waals surface area contributed by atoms with E-state index in [-0.39, 0.29) is 11.8 Å². The number of rotatable bonds is 1. The molecule has 1 aromatic rings. The van der Waals surface area contributed by atoms with Crippen LogP contribution in [-0.2, 0) is 6.42 Å². The Balaban J connectivity index is 2.44. The van der Waals surface area contributed by atoms with E-state index < -0.39 is 0 Å². The van der Waals surface area contributed by atoms with Crippen molar-refractivity contribution < 1.29 is 4.52 Å². The van der Waals surface area contributed by atoms with Crippen LogP contribution in [-0.4, -0.2) is 16.3 Å². The lowest BCUT2D eigenvalue weighted by Crippen LogP contribution is -2.27. The largest absolute Gasteiger partial charge is 0.441 e. The minimum atomic E-state index is -0.368. The van der Waals surface area contributed by atoms with E-state index in [0.717, 1.165) is 31.5 Å². The molecule has 0 fully saturated rings. The molecule has 0 radical (unpaired) electrons. The maximum atomic E-state index is 11.3. The SMILES string of the molecule is NCC1CCCCc2noc(=O)n21. The van der Waals surface area contributed by atoms with Crippen molar-refractivity contribution in [2.75, 3.05) is 6.54 Å².